The number of ether oxygens (including phenoxy) is 2. The summed E-state index contributed by atoms with van der Waals surface area (Å²) in [4.78, 5) is 40.5. The molecule has 6 nitrogen and oxygen atoms in total. The van der Waals surface area contributed by atoms with Gasteiger partial charge in [-0.25, -0.2) is 4.79 Å². The van der Waals surface area contributed by atoms with Gasteiger partial charge in [-0.1, -0.05) is 54.5 Å². The Labute approximate surface area is 246 Å². The van der Waals surface area contributed by atoms with Gasteiger partial charge in [0.1, 0.15) is 22.9 Å². The zero-order valence-corrected chi connectivity index (χ0v) is 26.8. The molecule has 0 aromatic rings. The highest BCUT2D eigenvalue weighted by molar-refractivity contribution is 5.89. The van der Waals surface area contributed by atoms with Crippen LogP contribution in [0.3, 0.4) is 0 Å². The summed E-state index contributed by atoms with van der Waals surface area (Å²) in [6.07, 6.45) is 7.05. The lowest BCUT2D eigenvalue weighted by molar-refractivity contribution is -0.315. The van der Waals surface area contributed by atoms with Crippen LogP contribution in [0.15, 0.2) is 11.6 Å². The van der Waals surface area contributed by atoms with Gasteiger partial charge in [0.15, 0.2) is 0 Å². The van der Waals surface area contributed by atoms with Gasteiger partial charge in [0.2, 0.25) is 0 Å². The fourth-order valence-corrected chi connectivity index (χ4v) is 12.3. The zero-order chi connectivity index (χ0) is 30.2. The first kappa shape index (κ1) is 29.4. The Hall–Kier alpha value is -1.69. The summed E-state index contributed by atoms with van der Waals surface area (Å²) in [7, 11) is 0. The molecule has 4 unspecified atom stereocenters. The summed E-state index contributed by atoms with van der Waals surface area (Å²) in [5.74, 6) is -0.00359. The minimum Gasteiger partial charge on any atom is -0.458 e. The second-order valence-corrected chi connectivity index (χ2v) is 17.0. The fourth-order valence-electron chi connectivity index (χ4n) is 12.3. The summed E-state index contributed by atoms with van der Waals surface area (Å²) in [6.45, 7) is 19.3. The third-order valence-corrected chi connectivity index (χ3v) is 14.8. The minimum absolute atomic E-state index is 0.0684. The van der Waals surface area contributed by atoms with Gasteiger partial charge in [-0.3, -0.25) is 9.59 Å². The number of aliphatic hydroxyl groups excluding tert-OH is 1. The molecule has 1 heterocycles. The number of fused-ring (bicyclic) bond motifs is 4. The van der Waals surface area contributed by atoms with E-state index in [0.29, 0.717) is 37.0 Å². The molecule has 6 fully saturated rings. The van der Waals surface area contributed by atoms with E-state index < -0.39 is 28.6 Å². The molecule has 1 aliphatic heterocycles. The van der Waals surface area contributed by atoms with E-state index in [9.17, 15) is 19.5 Å². The number of allylic oxidation sites excluding steroid dienone is 1. The van der Waals surface area contributed by atoms with Crippen LogP contribution in [0.2, 0.25) is 0 Å². The van der Waals surface area contributed by atoms with Crippen LogP contribution >= 0.6 is 0 Å². The molecule has 228 valence electrons. The number of ketones is 1. The predicted octanol–water partition coefficient (Wildman–Crippen LogP) is 6.58. The smallest absolute Gasteiger partial charge is 0.333 e. The number of carbonyl (C=O) groups is 3. The molecule has 0 aromatic heterocycles. The number of rotatable bonds is 2. The van der Waals surface area contributed by atoms with Gasteiger partial charge in [0.25, 0.3) is 0 Å². The Balaban J connectivity index is 1.47. The summed E-state index contributed by atoms with van der Waals surface area (Å²) in [6, 6.07) is 0. The van der Waals surface area contributed by atoms with E-state index in [1.807, 2.05) is 6.92 Å². The maximum atomic E-state index is 14.3. The van der Waals surface area contributed by atoms with Gasteiger partial charge in [-0.15, -0.1) is 0 Å². The Morgan fingerprint density at radius 1 is 0.951 bits per heavy atom. The Kier molecular flexibility index (Phi) is 6.08. The van der Waals surface area contributed by atoms with E-state index in [1.165, 1.54) is 0 Å². The first-order valence-corrected chi connectivity index (χ1v) is 16.2. The molecule has 2 bridgehead atoms. The van der Waals surface area contributed by atoms with Crippen molar-refractivity contribution < 1.29 is 29.0 Å². The third-order valence-electron chi connectivity index (χ3n) is 14.8. The fraction of sp³-hybridized carbons (Fsp3) is 0.857. The van der Waals surface area contributed by atoms with E-state index in [2.05, 4.69) is 48.5 Å². The second kappa shape index (κ2) is 8.48. The molecule has 0 amide bonds. The van der Waals surface area contributed by atoms with Crippen LogP contribution < -0.4 is 0 Å². The van der Waals surface area contributed by atoms with Crippen molar-refractivity contribution in [2.45, 2.75) is 138 Å². The van der Waals surface area contributed by atoms with Crippen molar-refractivity contribution in [3.8, 4) is 0 Å². The highest BCUT2D eigenvalue weighted by atomic mass is 16.6. The zero-order valence-electron chi connectivity index (χ0n) is 26.8. The van der Waals surface area contributed by atoms with Gasteiger partial charge in [0, 0.05) is 28.7 Å². The van der Waals surface area contributed by atoms with Crippen LogP contribution in [0, 0.1) is 50.2 Å². The van der Waals surface area contributed by atoms with Crippen LogP contribution in [0.25, 0.3) is 0 Å². The summed E-state index contributed by atoms with van der Waals surface area (Å²) in [5.41, 5.74) is -2.64. The first-order valence-electron chi connectivity index (χ1n) is 16.2. The molecule has 1 spiro atoms. The van der Waals surface area contributed by atoms with Crippen LogP contribution in [0.5, 0.6) is 0 Å². The summed E-state index contributed by atoms with van der Waals surface area (Å²) in [5, 5.41) is 12.4. The van der Waals surface area contributed by atoms with Crippen LogP contribution in [0.1, 0.15) is 120 Å². The van der Waals surface area contributed by atoms with Gasteiger partial charge in [-0.05, 0) is 93.3 Å². The van der Waals surface area contributed by atoms with E-state index >= 15 is 0 Å². The number of hydrogen-bond donors (Lipinski definition) is 1. The molecular formula is C35H52O6. The van der Waals surface area contributed by atoms with Crippen molar-refractivity contribution >= 4 is 17.7 Å². The van der Waals surface area contributed by atoms with Crippen molar-refractivity contribution in [1.82, 2.24) is 0 Å². The lowest BCUT2D eigenvalue weighted by Crippen LogP contribution is -2.76. The van der Waals surface area contributed by atoms with E-state index in [4.69, 9.17) is 9.47 Å². The van der Waals surface area contributed by atoms with Crippen molar-refractivity contribution in [2.24, 2.45) is 50.2 Å². The molecule has 0 aromatic carbocycles. The van der Waals surface area contributed by atoms with Gasteiger partial charge < -0.3 is 14.6 Å². The summed E-state index contributed by atoms with van der Waals surface area (Å²) >= 11 is 0. The van der Waals surface area contributed by atoms with Gasteiger partial charge in [0.05, 0.1) is 6.10 Å². The third kappa shape index (κ3) is 3.27. The Morgan fingerprint density at radius 3 is 2.29 bits per heavy atom. The molecule has 1 N–H and O–H groups in total. The molecule has 6 aliphatic rings. The van der Waals surface area contributed by atoms with Crippen molar-refractivity contribution in [3.05, 3.63) is 11.6 Å². The molecule has 1 saturated heterocycles. The normalized spacial score (nSPS) is 51.5. The highest BCUT2D eigenvalue weighted by Crippen LogP contribution is 2.80. The lowest BCUT2D eigenvalue weighted by atomic mass is 9.30. The van der Waals surface area contributed by atoms with Crippen molar-refractivity contribution in [3.63, 3.8) is 0 Å². The number of esters is 2. The van der Waals surface area contributed by atoms with Crippen molar-refractivity contribution in [2.75, 3.05) is 0 Å². The molecule has 6 heteroatoms. The largest absolute Gasteiger partial charge is 0.458 e. The van der Waals surface area contributed by atoms with E-state index in [1.54, 1.807) is 13.0 Å². The average molecular weight is 569 g/mol. The topological polar surface area (TPSA) is 89.9 Å². The van der Waals surface area contributed by atoms with Crippen molar-refractivity contribution in [1.29, 1.82) is 0 Å². The average Bonchev–Trinajstić information content (AvgIpc) is 3.07. The SMILES string of the molecule is C/C=C(/C)C(=O)O[C@@H]1CC(C)(C)CC2C34OC(=O)[C@@]21CC[C@@]3(C)[C@]1(C)CCC2C(C)(C)C(=O)CC[C@]2(C)C1C[C@@H]4O. The predicted molar refractivity (Wildman–Crippen MR) is 155 cm³/mol. The molecule has 10 atom stereocenters. The number of hydrogen-bond acceptors (Lipinski definition) is 6. The monoisotopic (exact) mass is 568 g/mol. The first-order chi connectivity index (χ1) is 18.9. The number of aliphatic hydroxyl groups is 1. The summed E-state index contributed by atoms with van der Waals surface area (Å²) < 4.78 is 12.9. The maximum Gasteiger partial charge on any atom is 0.333 e. The molecular weight excluding hydrogens is 516 g/mol. The van der Waals surface area contributed by atoms with Crippen LogP contribution in [-0.2, 0) is 23.9 Å². The maximum absolute atomic E-state index is 14.3. The van der Waals surface area contributed by atoms with Crippen LogP contribution in [0.4, 0.5) is 0 Å². The van der Waals surface area contributed by atoms with E-state index in [0.717, 1.165) is 32.1 Å². The Bertz CT molecular complexity index is 1230. The van der Waals surface area contributed by atoms with E-state index in [-0.39, 0.29) is 51.4 Å². The minimum atomic E-state index is -1.02. The number of carbonyl (C=O) groups excluding carboxylic acids is 3. The standard InChI is InChI=1S/C35H52O6/c1-10-20(2)27(38)40-26-19-29(3,4)18-23-34(26)16-15-33(9)32(8)14-11-21-30(5,6)24(36)12-13-31(21,7)22(32)17-25(37)35(23,33)41-28(34)39/h10,21-23,25-26,37H,11-19H2,1-9H3/b20-10-/t21?,22?,23?,25-,26+,31-,32+,33-,34-,35?/m0/s1. The molecule has 41 heavy (non-hydrogen) atoms. The molecule has 6 rings (SSSR count). The van der Waals surface area contributed by atoms with Gasteiger partial charge in [-0.2, -0.15) is 0 Å². The van der Waals surface area contributed by atoms with Crippen LogP contribution in [-0.4, -0.2) is 40.6 Å². The molecule has 0 radical (unpaired) electrons. The highest BCUT2D eigenvalue weighted by Gasteiger charge is 2.85. The number of Topliss-reactive ketones (excluding diaryl/α,β-unsaturated/α-hetero) is 1. The van der Waals surface area contributed by atoms with Gasteiger partial charge >= 0.3 is 11.9 Å². The quantitative estimate of drug-likeness (QED) is 0.299. The molecule has 5 saturated carbocycles. The lowest BCUT2D eigenvalue weighted by Gasteiger charge is -2.74. The second-order valence-electron chi connectivity index (χ2n) is 17.0. The Morgan fingerprint density at radius 2 is 1.63 bits per heavy atom. The molecule has 5 aliphatic carbocycles.